The van der Waals surface area contributed by atoms with Gasteiger partial charge in [0.15, 0.2) is 17.5 Å². The van der Waals surface area contributed by atoms with E-state index in [9.17, 15) is 18.0 Å². The van der Waals surface area contributed by atoms with Gasteiger partial charge in [-0.1, -0.05) is 0 Å². The molecule has 1 amide bonds. The minimum absolute atomic E-state index is 0.364. The van der Waals surface area contributed by atoms with Crippen LogP contribution in [0.1, 0.15) is 10.4 Å². The Kier molecular flexibility index (Phi) is 3.41. The van der Waals surface area contributed by atoms with Crippen molar-refractivity contribution in [2.45, 2.75) is 0 Å². The molecule has 2 aromatic carbocycles. The summed E-state index contributed by atoms with van der Waals surface area (Å²) in [6.07, 6.45) is 0. The number of carbonyl (C=O) groups excluding carboxylic acids is 1. The average Bonchev–Trinajstić information content (AvgIpc) is 2.39. The summed E-state index contributed by atoms with van der Waals surface area (Å²) >= 11 is 0. The number of hydrogen-bond donors (Lipinski definition) is 2. The van der Waals surface area contributed by atoms with Crippen molar-refractivity contribution < 1.29 is 18.0 Å². The van der Waals surface area contributed by atoms with Crippen LogP contribution in [0.15, 0.2) is 36.4 Å². The van der Waals surface area contributed by atoms with Crippen molar-refractivity contribution >= 4 is 17.3 Å². The van der Waals surface area contributed by atoms with Gasteiger partial charge in [0.05, 0.1) is 5.56 Å². The van der Waals surface area contributed by atoms with Crippen molar-refractivity contribution in [1.82, 2.24) is 0 Å². The Morgan fingerprint density at radius 2 is 1.58 bits per heavy atom. The van der Waals surface area contributed by atoms with Crippen molar-refractivity contribution in [3.05, 3.63) is 59.4 Å². The number of benzene rings is 2. The molecule has 0 aliphatic heterocycles. The number of nitrogens with one attached hydrogen (secondary N) is 1. The molecule has 2 aromatic rings. The van der Waals surface area contributed by atoms with Gasteiger partial charge in [-0.3, -0.25) is 4.79 Å². The molecular formula is C13H9F3N2O. The Hall–Kier alpha value is -2.50. The zero-order valence-electron chi connectivity index (χ0n) is 9.58. The quantitative estimate of drug-likeness (QED) is 0.648. The first kappa shape index (κ1) is 12.9. The summed E-state index contributed by atoms with van der Waals surface area (Å²) in [7, 11) is 0. The second kappa shape index (κ2) is 5.01. The van der Waals surface area contributed by atoms with Crippen molar-refractivity contribution in [2.24, 2.45) is 0 Å². The summed E-state index contributed by atoms with van der Waals surface area (Å²) in [5.74, 6) is -5.42. The lowest BCUT2D eigenvalue weighted by molar-refractivity contribution is 0.102. The van der Waals surface area contributed by atoms with Crippen molar-refractivity contribution in [3.63, 3.8) is 0 Å². The molecule has 19 heavy (non-hydrogen) atoms. The Morgan fingerprint density at radius 1 is 0.947 bits per heavy atom. The summed E-state index contributed by atoms with van der Waals surface area (Å²) in [4.78, 5) is 11.7. The van der Waals surface area contributed by atoms with Crippen LogP contribution >= 0.6 is 0 Å². The molecule has 0 atom stereocenters. The fraction of sp³-hybridized carbons (Fsp3) is 0. The van der Waals surface area contributed by atoms with E-state index in [2.05, 4.69) is 5.32 Å². The third-order valence-electron chi connectivity index (χ3n) is 2.45. The lowest BCUT2D eigenvalue weighted by atomic mass is 10.1. The minimum Gasteiger partial charge on any atom is -0.399 e. The summed E-state index contributed by atoms with van der Waals surface area (Å²) < 4.78 is 39.1. The zero-order valence-corrected chi connectivity index (χ0v) is 9.58. The molecule has 3 N–H and O–H groups in total. The number of nitrogens with two attached hydrogens (primary N) is 1. The fourth-order valence-corrected chi connectivity index (χ4v) is 1.47. The van der Waals surface area contributed by atoms with E-state index in [4.69, 9.17) is 5.73 Å². The van der Waals surface area contributed by atoms with Gasteiger partial charge < -0.3 is 11.1 Å². The standard InChI is InChI=1S/C13H9F3N2O/c14-10-6-5-9(11(15)12(10)16)13(19)18-8-3-1-7(17)2-4-8/h1-6H,17H2,(H,18,19). The molecule has 0 saturated heterocycles. The molecule has 98 valence electrons. The number of amides is 1. The molecule has 2 rings (SSSR count). The molecule has 0 unspecified atom stereocenters. The highest BCUT2D eigenvalue weighted by atomic mass is 19.2. The lowest BCUT2D eigenvalue weighted by Gasteiger charge is -2.07. The molecule has 0 aromatic heterocycles. The number of hydrogen-bond acceptors (Lipinski definition) is 2. The van der Waals surface area contributed by atoms with Crippen molar-refractivity contribution in [1.29, 1.82) is 0 Å². The van der Waals surface area contributed by atoms with Crippen LogP contribution in [0.25, 0.3) is 0 Å². The number of nitrogen functional groups attached to an aromatic ring is 1. The molecule has 0 bridgehead atoms. The summed E-state index contributed by atoms with van der Waals surface area (Å²) in [5, 5.41) is 2.35. The van der Waals surface area contributed by atoms with Gasteiger partial charge in [0, 0.05) is 11.4 Å². The number of carbonyl (C=O) groups is 1. The second-order valence-electron chi connectivity index (χ2n) is 3.80. The van der Waals surface area contributed by atoms with Gasteiger partial charge in [-0.05, 0) is 36.4 Å². The summed E-state index contributed by atoms with van der Waals surface area (Å²) in [5.41, 5.74) is 5.75. The van der Waals surface area contributed by atoms with Crippen LogP contribution in [0.5, 0.6) is 0 Å². The predicted octanol–water partition coefficient (Wildman–Crippen LogP) is 2.94. The van der Waals surface area contributed by atoms with E-state index in [0.717, 1.165) is 6.07 Å². The monoisotopic (exact) mass is 266 g/mol. The first-order valence-electron chi connectivity index (χ1n) is 5.29. The van der Waals surface area contributed by atoms with E-state index in [0.29, 0.717) is 17.4 Å². The van der Waals surface area contributed by atoms with Gasteiger partial charge in [-0.25, -0.2) is 13.2 Å². The van der Waals surface area contributed by atoms with Gasteiger partial charge in [0.1, 0.15) is 0 Å². The van der Waals surface area contributed by atoms with E-state index < -0.39 is 28.9 Å². The van der Waals surface area contributed by atoms with Crippen LogP contribution in [-0.2, 0) is 0 Å². The summed E-state index contributed by atoms with van der Waals surface area (Å²) in [6, 6.07) is 7.65. The van der Waals surface area contributed by atoms with Crippen LogP contribution in [0.4, 0.5) is 24.5 Å². The minimum atomic E-state index is -1.68. The van der Waals surface area contributed by atoms with Gasteiger partial charge in [0.25, 0.3) is 5.91 Å². The number of halogens is 3. The highest BCUT2D eigenvalue weighted by Gasteiger charge is 2.18. The molecule has 0 heterocycles. The molecule has 0 radical (unpaired) electrons. The third-order valence-corrected chi connectivity index (χ3v) is 2.45. The first-order chi connectivity index (χ1) is 8.99. The largest absolute Gasteiger partial charge is 0.399 e. The van der Waals surface area contributed by atoms with Gasteiger partial charge in [0.2, 0.25) is 0 Å². The van der Waals surface area contributed by atoms with E-state index in [1.807, 2.05) is 0 Å². The average molecular weight is 266 g/mol. The van der Waals surface area contributed by atoms with Crippen molar-refractivity contribution in [3.8, 4) is 0 Å². The molecule has 0 aliphatic carbocycles. The molecule has 0 fully saturated rings. The van der Waals surface area contributed by atoms with E-state index in [1.165, 1.54) is 24.3 Å². The maximum Gasteiger partial charge on any atom is 0.258 e. The Balaban J connectivity index is 2.25. The van der Waals surface area contributed by atoms with E-state index in [1.54, 1.807) is 0 Å². The first-order valence-corrected chi connectivity index (χ1v) is 5.29. The van der Waals surface area contributed by atoms with Crippen LogP contribution in [0, 0.1) is 17.5 Å². The Bertz CT molecular complexity index is 627. The van der Waals surface area contributed by atoms with Gasteiger partial charge in [-0.2, -0.15) is 0 Å². The number of anilines is 2. The highest BCUT2D eigenvalue weighted by Crippen LogP contribution is 2.17. The zero-order chi connectivity index (χ0) is 14.0. The Morgan fingerprint density at radius 3 is 2.21 bits per heavy atom. The Labute approximate surface area is 106 Å². The van der Waals surface area contributed by atoms with Crippen LogP contribution < -0.4 is 11.1 Å². The van der Waals surface area contributed by atoms with Gasteiger partial charge in [-0.15, -0.1) is 0 Å². The SMILES string of the molecule is Nc1ccc(NC(=O)c2ccc(F)c(F)c2F)cc1. The molecule has 0 saturated carbocycles. The van der Waals surface area contributed by atoms with Crippen molar-refractivity contribution in [2.75, 3.05) is 11.1 Å². The normalized spacial score (nSPS) is 10.3. The van der Waals surface area contributed by atoms with E-state index >= 15 is 0 Å². The molecular weight excluding hydrogens is 257 g/mol. The summed E-state index contributed by atoms with van der Waals surface area (Å²) in [6.45, 7) is 0. The topological polar surface area (TPSA) is 55.1 Å². The molecule has 6 heteroatoms. The molecule has 0 spiro atoms. The smallest absolute Gasteiger partial charge is 0.258 e. The van der Waals surface area contributed by atoms with Crippen LogP contribution in [-0.4, -0.2) is 5.91 Å². The lowest BCUT2D eigenvalue weighted by Crippen LogP contribution is -2.15. The predicted molar refractivity (Wildman–Crippen MR) is 65.1 cm³/mol. The maximum absolute atomic E-state index is 13.4. The highest BCUT2D eigenvalue weighted by molar-refractivity contribution is 6.04. The molecule has 3 nitrogen and oxygen atoms in total. The second-order valence-corrected chi connectivity index (χ2v) is 3.80. The van der Waals surface area contributed by atoms with Gasteiger partial charge >= 0.3 is 0 Å². The van der Waals surface area contributed by atoms with E-state index in [-0.39, 0.29) is 0 Å². The fourth-order valence-electron chi connectivity index (χ4n) is 1.47. The van der Waals surface area contributed by atoms with Crippen LogP contribution in [0.2, 0.25) is 0 Å². The maximum atomic E-state index is 13.4. The van der Waals surface area contributed by atoms with Crippen LogP contribution in [0.3, 0.4) is 0 Å². The third kappa shape index (κ3) is 2.67. The molecule has 0 aliphatic rings. The number of rotatable bonds is 2.